The second-order valence-electron chi connectivity index (χ2n) is 4.43. The van der Waals surface area contributed by atoms with Crippen molar-refractivity contribution in [3.63, 3.8) is 0 Å². The molecule has 0 aliphatic rings. The average molecular weight is 273 g/mol. The first kappa shape index (κ1) is 14.8. The molecule has 7 heteroatoms. The maximum atomic E-state index is 11.8. The predicted octanol–water partition coefficient (Wildman–Crippen LogP) is -1.06. The smallest absolute Gasteiger partial charge is 0.309 e. The van der Waals surface area contributed by atoms with Gasteiger partial charge in [0.05, 0.1) is 0 Å². The molecule has 0 saturated heterocycles. The van der Waals surface area contributed by atoms with Crippen LogP contribution in [0.3, 0.4) is 0 Å². The summed E-state index contributed by atoms with van der Waals surface area (Å²) in [4.78, 5) is 23.3. The van der Waals surface area contributed by atoms with Gasteiger partial charge in [0.2, 0.25) is 0 Å². The van der Waals surface area contributed by atoms with E-state index in [-0.39, 0.29) is 17.3 Å². The minimum atomic E-state index is -0.872. The molecule has 2 unspecified atom stereocenters. The third-order valence-corrected chi connectivity index (χ3v) is 3.61. The fraction of sp³-hybridized carbons (Fsp3) is 0.636. The second-order valence-corrected chi connectivity index (χ2v) is 5.91. The molecule has 1 N–H and O–H groups in total. The molecule has 0 radical (unpaired) electrons. The molecule has 6 nitrogen and oxygen atoms in total. The molecule has 0 fully saturated rings. The van der Waals surface area contributed by atoms with Crippen molar-refractivity contribution >= 4 is 10.8 Å². The summed E-state index contributed by atoms with van der Waals surface area (Å²) in [5.74, 6) is 0.534. The summed E-state index contributed by atoms with van der Waals surface area (Å²) in [5, 5.41) is 3.12. The summed E-state index contributed by atoms with van der Waals surface area (Å²) in [7, 11) is 2.19. The fourth-order valence-electron chi connectivity index (χ4n) is 1.70. The Labute approximate surface area is 108 Å². The van der Waals surface area contributed by atoms with Gasteiger partial charge in [0.1, 0.15) is 0 Å². The van der Waals surface area contributed by atoms with Crippen molar-refractivity contribution in [1.82, 2.24) is 14.5 Å². The van der Waals surface area contributed by atoms with Gasteiger partial charge in [-0.1, -0.05) is 0 Å². The van der Waals surface area contributed by atoms with E-state index in [0.717, 1.165) is 4.57 Å². The Morgan fingerprint density at radius 2 is 2.00 bits per heavy atom. The van der Waals surface area contributed by atoms with Crippen molar-refractivity contribution in [2.75, 3.05) is 12.0 Å². The van der Waals surface area contributed by atoms with Crippen LogP contribution in [-0.4, -0.2) is 31.4 Å². The lowest BCUT2D eigenvalue weighted by Gasteiger charge is -2.13. The van der Waals surface area contributed by atoms with Gasteiger partial charge in [-0.05, 0) is 6.92 Å². The molecule has 18 heavy (non-hydrogen) atoms. The van der Waals surface area contributed by atoms with E-state index in [1.165, 1.54) is 17.8 Å². The summed E-state index contributed by atoms with van der Waals surface area (Å²) < 4.78 is 13.5. The van der Waals surface area contributed by atoms with Crippen LogP contribution < -0.4 is 16.6 Å². The van der Waals surface area contributed by atoms with E-state index in [0.29, 0.717) is 17.9 Å². The SMILES string of the molecule is CC(CS(C)=O)NCc1cn(C)c(=O)n(C)c1=O. The van der Waals surface area contributed by atoms with E-state index in [2.05, 4.69) is 5.32 Å². The highest BCUT2D eigenvalue weighted by atomic mass is 32.2. The van der Waals surface area contributed by atoms with Crippen LogP contribution in [0.4, 0.5) is 0 Å². The first-order chi connectivity index (χ1) is 8.32. The topological polar surface area (TPSA) is 73.1 Å². The van der Waals surface area contributed by atoms with Crippen LogP contribution in [0, 0.1) is 0 Å². The summed E-state index contributed by atoms with van der Waals surface area (Å²) in [6, 6.07) is 0.0535. The molecule has 2 atom stereocenters. The van der Waals surface area contributed by atoms with E-state index < -0.39 is 10.8 Å². The number of hydrogen-bond acceptors (Lipinski definition) is 4. The molecule has 1 aromatic rings. The highest BCUT2D eigenvalue weighted by Gasteiger charge is 2.09. The predicted molar refractivity (Wildman–Crippen MR) is 72.2 cm³/mol. The zero-order valence-corrected chi connectivity index (χ0v) is 11.9. The van der Waals surface area contributed by atoms with E-state index >= 15 is 0 Å². The maximum Gasteiger partial charge on any atom is 0.330 e. The largest absolute Gasteiger partial charge is 0.330 e. The molecule has 1 aromatic heterocycles. The number of aromatic nitrogens is 2. The van der Waals surface area contributed by atoms with Crippen LogP contribution in [0.1, 0.15) is 12.5 Å². The molecule has 0 aliphatic heterocycles. The van der Waals surface area contributed by atoms with Crippen LogP contribution in [0.5, 0.6) is 0 Å². The first-order valence-corrected chi connectivity index (χ1v) is 7.34. The van der Waals surface area contributed by atoms with Crippen LogP contribution in [-0.2, 0) is 31.4 Å². The zero-order valence-electron chi connectivity index (χ0n) is 11.1. The number of rotatable bonds is 5. The van der Waals surface area contributed by atoms with Crippen molar-refractivity contribution in [2.45, 2.75) is 19.5 Å². The van der Waals surface area contributed by atoms with Crippen molar-refractivity contribution < 1.29 is 4.21 Å². The third kappa shape index (κ3) is 3.64. The van der Waals surface area contributed by atoms with Crippen molar-refractivity contribution in [3.8, 4) is 0 Å². The van der Waals surface area contributed by atoms with Crippen molar-refractivity contribution in [2.24, 2.45) is 14.1 Å². The Morgan fingerprint density at radius 3 is 2.56 bits per heavy atom. The Hall–Kier alpha value is -1.21. The summed E-state index contributed by atoms with van der Waals surface area (Å²) in [6.45, 7) is 2.27. The normalized spacial score (nSPS) is 14.4. The van der Waals surface area contributed by atoms with Crippen LogP contribution in [0.15, 0.2) is 15.8 Å². The molecule has 0 aliphatic carbocycles. The Morgan fingerprint density at radius 1 is 1.39 bits per heavy atom. The van der Waals surface area contributed by atoms with Gasteiger partial charge in [0.15, 0.2) is 0 Å². The highest BCUT2D eigenvalue weighted by Crippen LogP contribution is 1.91. The van der Waals surface area contributed by atoms with Crippen molar-refractivity contribution in [3.05, 3.63) is 32.6 Å². The second kappa shape index (κ2) is 6.10. The zero-order chi connectivity index (χ0) is 13.9. The minimum absolute atomic E-state index is 0.0535. The first-order valence-electron chi connectivity index (χ1n) is 5.62. The van der Waals surface area contributed by atoms with Crippen LogP contribution in [0.2, 0.25) is 0 Å². The summed E-state index contributed by atoms with van der Waals surface area (Å²) in [5.41, 5.74) is -0.116. The molecule has 0 spiro atoms. The molecule has 1 rings (SSSR count). The Bertz CT molecular complexity index is 562. The average Bonchev–Trinajstić information content (AvgIpc) is 2.28. The van der Waals surface area contributed by atoms with Crippen molar-refractivity contribution in [1.29, 1.82) is 0 Å². The number of aryl methyl sites for hydroxylation is 1. The van der Waals surface area contributed by atoms with E-state index in [1.54, 1.807) is 13.3 Å². The number of hydrogen-bond donors (Lipinski definition) is 1. The lowest BCUT2D eigenvalue weighted by atomic mass is 10.3. The van der Waals surface area contributed by atoms with E-state index in [9.17, 15) is 13.8 Å². The highest BCUT2D eigenvalue weighted by molar-refractivity contribution is 7.84. The lowest BCUT2D eigenvalue weighted by molar-refractivity contribution is 0.570. The Kier molecular flexibility index (Phi) is 5.03. The lowest BCUT2D eigenvalue weighted by Crippen LogP contribution is -2.40. The van der Waals surface area contributed by atoms with Gasteiger partial charge in [0.25, 0.3) is 5.56 Å². The van der Waals surface area contributed by atoms with Gasteiger partial charge in [-0.3, -0.25) is 13.6 Å². The molecule has 1 heterocycles. The molecular formula is C11H19N3O3S. The maximum absolute atomic E-state index is 11.8. The molecule has 102 valence electrons. The van der Waals surface area contributed by atoms with Gasteiger partial charge in [0, 0.05) is 61.3 Å². The summed E-state index contributed by atoms with van der Waals surface area (Å²) >= 11 is 0. The van der Waals surface area contributed by atoms with E-state index in [4.69, 9.17) is 0 Å². The number of nitrogens with zero attached hydrogens (tertiary/aromatic N) is 2. The molecule has 0 bridgehead atoms. The fourth-order valence-corrected chi connectivity index (χ4v) is 2.52. The molecule has 0 aromatic carbocycles. The van der Waals surface area contributed by atoms with Gasteiger partial charge in [-0.15, -0.1) is 0 Å². The van der Waals surface area contributed by atoms with Crippen LogP contribution >= 0.6 is 0 Å². The quantitative estimate of drug-likeness (QED) is 0.742. The van der Waals surface area contributed by atoms with Gasteiger partial charge in [-0.25, -0.2) is 4.79 Å². The van der Waals surface area contributed by atoms with Gasteiger partial charge in [-0.2, -0.15) is 0 Å². The Balaban J connectivity index is 2.84. The summed E-state index contributed by atoms with van der Waals surface area (Å²) in [6.07, 6.45) is 3.18. The third-order valence-electron chi connectivity index (χ3n) is 2.64. The molecule has 0 saturated carbocycles. The van der Waals surface area contributed by atoms with Crippen LogP contribution in [0.25, 0.3) is 0 Å². The molecule has 0 amide bonds. The standard InChI is InChI=1S/C11H19N3O3S/c1-8(7-18(4)17)12-5-9-6-13(2)11(16)14(3)10(9)15/h6,8,12H,5,7H2,1-4H3. The molecular weight excluding hydrogens is 254 g/mol. The van der Waals surface area contributed by atoms with Gasteiger partial charge < -0.3 is 9.88 Å². The van der Waals surface area contributed by atoms with E-state index in [1.807, 2.05) is 6.92 Å². The monoisotopic (exact) mass is 273 g/mol. The van der Waals surface area contributed by atoms with Gasteiger partial charge >= 0.3 is 5.69 Å². The minimum Gasteiger partial charge on any atom is -0.309 e. The number of nitrogens with one attached hydrogen (secondary N) is 1.